The van der Waals surface area contributed by atoms with Gasteiger partial charge in [0.15, 0.2) is 5.78 Å². The van der Waals surface area contributed by atoms with Crippen LogP contribution in [0.25, 0.3) is 0 Å². The maximum absolute atomic E-state index is 12.6. The molecule has 4 nitrogen and oxygen atoms in total. The van der Waals surface area contributed by atoms with Gasteiger partial charge in [-0.3, -0.25) is 10.2 Å². The summed E-state index contributed by atoms with van der Waals surface area (Å²) in [7, 11) is 0. The minimum absolute atomic E-state index is 0.140. The van der Waals surface area contributed by atoms with Crippen LogP contribution in [0.1, 0.15) is 10.4 Å². The Morgan fingerprint density at radius 3 is 2.36 bits per heavy atom. The van der Waals surface area contributed by atoms with Crippen molar-refractivity contribution in [1.82, 2.24) is 5.43 Å². The predicted octanol–water partition coefficient (Wildman–Crippen LogP) is 1.42. The van der Waals surface area contributed by atoms with Crippen LogP contribution in [0, 0.1) is 16.5 Å². The van der Waals surface area contributed by atoms with Crippen molar-refractivity contribution in [2.75, 3.05) is 6.54 Å². The molecule has 0 unspecified atom stereocenters. The first-order valence-electron chi connectivity index (χ1n) is 3.68. The Labute approximate surface area is 77.9 Å². The van der Waals surface area contributed by atoms with Crippen molar-refractivity contribution in [2.45, 2.75) is 0 Å². The molecular weight excluding hydrogens is 194 g/mol. The van der Waals surface area contributed by atoms with E-state index in [1.807, 2.05) is 5.43 Å². The minimum Gasteiger partial charge on any atom is -0.292 e. The lowest BCUT2D eigenvalue weighted by atomic mass is 10.1. The van der Waals surface area contributed by atoms with Crippen molar-refractivity contribution in [3.05, 3.63) is 40.3 Å². The number of benzene rings is 1. The van der Waals surface area contributed by atoms with Crippen LogP contribution in [0.15, 0.2) is 23.5 Å². The number of nitrogens with zero attached hydrogens (tertiary/aromatic N) is 1. The van der Waals surface area contributed by atoms with Crippen LogP contribution in [-0.2, 0) is 0 Å². The topological polar surface area (TPSA) is 58.5 Å². The highest BCUT2D eigenvalue weighted by molar-refractivity contribution is 5.97. The predicted molar refractivity (Wildman–Crippen MR) is 44.5 cm³/mol. The van der Waals surface area contributed by atoms with Crippen molar-refractivity contribution in [1.29, 1.82) is 0 Å². The fraction of sp³-hybridized carbons (Fsp3) is 0.125. The number of hydrogen-bond donors (Lipinski definition) is 1. The Morgan fingerprint density at radius 1 is 1.29 bits per heavy atom. The van der Waals surface area contributed by atoms with E-state index in [-0.39, 0.29) is 12.1 Å². The van der Waals surface area contributed by atoms with E-state index in [0.717, 1.165) is 12.1 Å². The lowest BCUT2D eigenvalue weighted by molar-refractivity contribution is 0.0990. The van der Waals surface area contributed by atoms with E-state index in [4.69, 9.17) is 0 Å². The molecule has 0 aromatic heterocycles. The smallest absolute Gasteiger partial charge is 0.183 e. The molecule has 0 aliphatic rings. The molecule has 0 radical (unpaired) electrons. The van der Waals surface area contributed by atoms with Crippen molar-refractivity contribution in [3.63, 3.8) is 0 Å². The van der Waals surface area contributed by atoms with Crippen LogP contribution >= 0.6 is 0 Å². The third kappa shape index (κ3) is 2.58. The molecule has 0 saturated carbocycles. The largest absolute Gasteiger partial charge is 0.292 e. The number of nitroso groups, excluding NO2 is 1. The van der Waals surface area contributed by atoms with Gasteiger partial charge in [0.1, 0.15) is 11.6 Å². The van der Waals surface area contributed by atoms with Gasteiger partial charge in [-0.15, -0.1) is 4.91 Å². The van der Waals surface area contributed by atoms with E-state index in [2.05, 4.69) is 5.29 Å². The number of Topliss-reactive ketones (excluding diaryl/α,β-unsaturated/α-hetero) is 1. The number of ketones is 1. The van der Waals surface area contributed by atoms with Crippen molar-refractivity contribution >= 4 is 5.78 Å². The number of nitrogens with one attached hydrogen (secondary N) is 1. The summed E-state index contributed by atoms with van der Waals surface area (Å²) in [6, 6.07) is 2.43. The van der Waals surface area contributed by atoms with E-state index in [1.165, 1.54) is 0 Å². The first kappa shape index (κ1) is 10.2. The molecule has 6 heteroatoms. The highest BCUT2D eigenvalue weighted by Gasteiger charge is 2.08. The summed E-state index contributed by atoms with van der Waals surface area (Å²) >= 11 is 0. The molecular formula is C8H6F2N2O2. The molecule has 1 aromatic rings. The Hall–Kier alpha value is -1.85. The summed E-state index contributed by atoms with van der Waals surface area (Å²) in [4.78, 5) is 20.7. The molecule has 0 saturated heterocycles. The molecule has 0 bridgehead atoms. The molecule has 14 heavy (non-hydrogen) atoms. The van der Waals surface area contributed by atoms with Gasteiger partial charge in [0.2, 0.25) is 0 Å². The molecule has 1 aromatic carbocycles. The van der Waals surface area contributed by atoms with Gasteiger partial charge < -0.3 is 0 Å². The molecule has 1 rings (SSSR count). The van der Waals surface area contributed by atoms with Crippen LogP contribution < -0.4 is 5.43 Å². The number of carbonyl (C=O) groups excluding carboxylic acids is 1. The van der Waals surface area contributed by atoms with E-state index in [9.17, 15) is 18.5 Å². The van der Waals surface area contributed by atoms with Gasteiger partial charge in [-0.25, -0.2) is 8.78 Å². The molecule has 1 N–H and O–H groups in total. The van der Waals surface area contributed by atoms with Crippen LogP contribution in [0.2, 0.25) is 0 Å². The molecule has 0 spiro atoms. The Balaban J connectivity index is 2.84. The zero-order chi connectivity index (χ0) is 10.6. The average molecular weight is 200 g/mol. The molecule has 0 atom stereocenters. The second kappa shape index (κ2) is 4.40. The van der Waals surface area contributed by atoms with Gasteiger partial charge in [0.25, 0.3) is 0 Å². The third-order valence-corrected chi connectivity index (χ3v) is 1.49. The van der Waals surface area contributed by atoms with E-state index < -0.39 is 17.4 Å². The Morgan fingerprint density at radius 2 is 1.86 bits per heavy atom. The van der Waals surface area contributed by atoms with Crippen LogP contribution in [0.5, 0.6) is 0 Å². The number of hydrogen-bond acceptors (Lipinski definition) is 3. The fourth-order valence-corrected chi connectivity index (χ4v) is 0.921. The summed E-state index contributed by atoms with van der Waals surface area (Å²) in [5, 5.41) is 2.24. The maximum Gasteiger partial charge on any atom is 0.183 e. The highest BCUT2D eigenvalue weighted by atomic mass is 19.1. The summed E-state index contributed by atoms with van der Waals surface area (Å²) in [5.41, 5.74) is 1.72. The molecule has 0 aliphatic heterocycles. The summed E-state index contributed by atoms with van der Waals surface area (Å²) in [6.07, 6.45) is 0. The van der Waals surface area contributed by atoms with Gasteiger partial charge in [-0.1, -0.05) is 0 Å². The fourth-order valence-electron chi connectivity index (χ4n) is 0.921. The summed E-state index contributed by atoms with van der Waals surface area (Å²) in [6.45, 7) is -0.383. The first-order chi connectivity index (χ1) is 6.63. The van der Waals surface area contributed by atoms with Crippen LogP contribution in [-0.4, -0.2) is 12.3 Å². The molecule has 74 valence electrons. The summed E-state index contributed by atoms with van der Waals surface area (Å²) < 4.78 is 25.2. The van der Waals surface area contributed by atoms with E-state index in [0.29, 0.717) is 6.07 Å². The molecule has 0 aliphatic carbocycles. The van der Waals surface area contributed by atoms with Crippen molar-refractivity contribution in [2.24, 2.45) is 5.29 Å². The standard InChI is InChI=1S/C8H6F2N2O2/c9-6-1-5(2-7(10)3-6)8(13)4-11-12-14/h1-3H,4H2,(H,11,14). The van der Waals surface area contributed by atoms with Gasteiger partial charge in [-0.05, 0) is 12.1 Å². The first-order valence-corrected chi connectivity index (χ1v) is 3.68. The second-order valence-corrected chi connectivity index (χ2v) is 2.51. The van der Waals surface area contributed by atoms with Gasteiger partial charge >= 0.3 is 0 Å². The number of carbonyl (C=O) groups is 1. The molecule has 0 fully saturated rings. The number of rotatable bonds is 4. The highest BCUT2D eigenvalue weighted by Crippen LogP contribution is 2.08. The second-order valence-electron chi connectivity index (χ2n) is 2.51. The molecule has 0 heterocycles. The van der Waals surface area contributed by atoms with Crippen LogP contribution in [0.4, 0.5) is 8.78 Å². The Kier molecular flexibility index (Phi) is 3.22. The monoisotopic (exact) mass is 200 g/mol. The van der Waals surface area contributed by atoms with Crippen LogP contribution in [0.3, 0.4) is 0 Å². The SMILES string of the molecule is O=NNCC(=O)c1cc(F)cc(F)c1. The average Bonchev–Trinajstić information content (AvgIpc) is 2.12. The normalized spacial score (nSPS) is 9.57. The number of halogens is 2. The third-order valence-electron chi connectivity index (χ3n) is 1.49. The van der Waals surface area contributed by atoms with E-state index in [1.54, 1.807) is 0 Å². The maximum atomic E-state index is 12.6. The zero-order valence-electron chi connectivity index (χ0n) is 6.96. The van der Waals surface area contributed by atoms with Gasteiger partial charge in [-0.2, -0.15) is 0 Å². The summed E-state index contributed by atoms with van der Waals surface area (Å²) in [5.74, 6) is -2.29. The lowest BCUT2D eigenvalue weighted by Gasteiger charge is -1.99. The van der Waals surface area contributed by atoms with Crippen molar-refractivity contribution < 1.29 is 13.6 Å². The minimum atomic E-state index is -0.840. The molecule has 0 amide bonds. The van der Waals surface area contributed by atoms with E-state index >= 15 is 0 Å². The quantitative estimate of drug-likeness (QED) is 0.454. The lowest BCUT2D eigenvalue weighted by Crippen LogP contribution is -2.17. The van der Waals surface area contributed by atoms with Gasteiger partial charge in [0, 0.05) is 11.6 Å². The van der Waals surface area contributed by atoms with Crippen molar-refractivity contribution in [3.8, 4) is 0 Å². The van der Waals surface area contributed by atoms with Gasteiger partial charge in [0.05, 0.1) is 11.8 Å². The Bertz CT molecular complexity index is 348. The zero-order valence-corrected chi connectivity index (χ0v) is 6.96.